The van der Waals surface area contributed by atoms with Crippen molar-refractivity contribution in [2.24, 2.45) is 0 Å². The maximum Gasteiger partial charge on any atom is 0.299 e. The Balaban J connectivity index is 2.29. The predicted molar refractivity (Wildman–Crippen MR) is 75.9 cm³/mol. The molecule has 20 heavy (non-hydrogen) atoms. The van der Waals surface area contributed by atoms with E-state index in [9.17, 15) is 14.4 Å². The molecule has 1 aliphatic rings. The number of benzene rings is 1. The summed E-state index contributed by atoms with van der Waals surface area (Å²) in [5, 5.41) is 2.68. The summed E-state index contributed by atoms with van der Waals surface area (Å²) in [6, 6.07) is 3.73. The van der Waals surface area contributed by atoms with Gasteiger partial charge in [-0.05, 0) is 31.9 Å². The number of amides is 2. The van der Waals surface area contributed by atoms with Crippen LogP contribution in [0, 0.1) is 13.8 Å². The number of carbonyl (C=O) groups is 3. The zero-order valence-electron chi connectivity index (χ0n) is 11.9. The van der Waals surface area contributed by atoms with Gasteiger partial charge in [-0.15, -0.1) is 0 Å². The van der Waals surface area contributed by atoms with Crippen molar-refractivity contribution in [3.8, 4) is 0 Å². The molecule has 0 saturated heterocycles. The van der Waals surface area contributed by atoms with Gasteiger partial charge < -0.3 is 10.2 Å². The second-order valence-corrected chi connectivity index (χ2v) is 4.91. The molecule has 1 aliphatic heterocycles. The van der Waals surface area contributed by atoms with Crippen LogP contribution in [-0.4, -0.2) is 30.7 Å². The molecule has 1 aromatic rings. The molecule has 2 amide bonds. The van der Waals surface area contributed by atoms with Gasteiger partial charge in [-0.1, -0.05) is 12.1 Å². The lowest BCUT2D eigenvalue weighted by atomic mass is 10.0. The van der Waals surface area contributed by atoms with Gasteiger partial charge in [0.05, 0.1) is 11.3 Å². The summed E-state index contributed by atoms with van der Waals surface area (Å²) >= 11 is 0. The lowest BCUT2D eigenvalue weighted by Gasteiger charge is -2.18. The van der Waals surface area contributed by atoms with Crippen molar-refractivity contribution in [1.82, 2.24) is 5.32 Å². The highest BCUT2D eigenvalue weighted by Crippen LogP contribution is 2.34. The number of rotatable bonds is 4. The van der Waals surface area contributed by atoms with Gasteiger partial charge in [0.2, 0.25) is 5.91 Å². The van der Waals surface area contributed by atoms with Crippen molar-refractivity contribution in [2.75, 3.05) is 18.0 Å². The molecule has 0 spiro atoms. The van der Waals surface area contributed by atoms with Crippen molar-refractivity contribution in [3.05, 3.63) is 28.8 Å². The fraction of sp³-hybridized carbons (Fsp3) is 0.400. The standard InChI is InChI=1S/C15H18N2O3/c1-4-16-11(18)7-8-17-13-10(3)6-5-9(2)12(13)14(19)15(17)20/h5-6H,4,7-8H2,1-3H3,(H,16,18). The number of nitrogens with one attached hydrogen (secondary N) is 1. The molecular formula is C15H18N2O3. The third-order valence-corrected chi connectivity index (χ3v) is 3.46. The molecule has 0 aromatic heterocycles. The van der Waals surface area contributed by atoms with Crippen LogP contribution in [0.4, 0.5) is 5.69 Å². The number of hydrogen-bond donors (Lipinski definition) is 1. The number of nitrogens with zero attached hydrogens (tertiary/aromatic N) is 1. The zero-order valence-corrected chi connectivity index (χ0v) is 11.9. The minimum absolute atomic E-state index is 0.119. The lowest BCUT2D eigenvalue weighted by molar-refractivity contribution is -0.120. The van der Waals surface area contributed by atoms with E-state index in [2.05, 4.69) is 5.32 Å². The van der Waals surface area contributed by atoms with Crippen molar-refractivity contribution in [1.29, 1.82) is 0 Å². The first-order valence-corrected chi connectivity index (χ1v) is 6.70. The van der Waals surface area contributed by atoms with Crippen molar-refractivity contribution in [3.63, 3.8) is 0 Å². The van der Waals surface area contributed by atoms with Gasteiger partial charge in [-0.2, -0.15) is 0 Å². The second kappa shape index (κ2) is 5.45. The number of hydrogen-bond acceptors (Lipinski definition) is 3. The maximum atomic E-state index is 12.1. The molecule has 1 N–H and O–H groups in total. The average molecular weight is 274 g/mol. The van der Waals surface area contributed by atoms with E-state index in [0.717, 1.165) is 11.1 Å². The Morgan fingerprint density at radius 1 is 1.20 bits per heavy atom. The molecule has 1 heterocycles. The first-order chi connectivity index (χ1) is 9.47. The maximum absolute atomic E-state index is 12.1. The minimum Gasteiger partial charge on any atom is -0.356 e. The Morgan fingerprint density at radius 2 is 1.85 bits per heavy atom. The van der Waals surface area contributed by atoms with Crippen molar-refractivity contribution < 1.29 is 14.4 Å². The normalized spacial score (nSPS) is 13.7. The molecule has 0 radical (unpaired) electrons. The first-order valence-electron chi connectivity index (χ1n) is 6.70. The van der Waals surface area contributed by atoms with Crippen LogP contribution in [0.25, 0.3) is 0 Å². The Kier molecular flexibility index (Phi) is 3.88. The van der Waals surface area contributed by atoms with Crippen LogP contribution in [0.1, 0.15) is 34.8 Å². The van der Waals surface area contributed by atoms with Gasteiger partial charge >= 0.3 is 0 Å². The third kappa shape index (κ3) is 2.31. The largest absolute Gasteiger partial charge is 0.356 e. The summed E-state index contributed by atoms with van der Waals surface area (Å²) < 4.78 is 0. The summed E-state index contributed by atoms with van der Waals surface area (Å²) in [6.45, 7) is 6.30. The Hall–Kier alpha value is -2.17. The summed E-state index contributed by atoms with van der Waals surface area (Å²) in [5.41, 5.74) is 2.81. The van der Waals surface area contributed by atoms with Gasteiger partial charge in [0.25, 0.3) is 11.7 Å². The number of aryl methyl sites for hydroxylation is 2. The SMILES string of the molecule is CCNC(=O)CCN1C(=O)C(=O)c2c(C)ccc(C)c21. The molecule has 0 fully saturated rings. The number of Topliss-reactive ketones (excluding diaryl/α,β-unsaturated/α-hetero) is 1. The van der Waals surface area contributed by atoms with Crippen LogP contribution in [0.2, 0.25) is 0 Å². The lowest BCUT2D eigenvalue weighted by Crippen LogP contribution is -2.34. The Morgan fingerprint density at radius 3 is 2.50 bits per heavy atom. The third-order valence-electron chi connectivity index (χ3n) is 3.46. The van der Waals surface area contributed by atoms with Crippen molar-refractivity contribution in [2.45, 2.75) is 27.2 Å². The van der Waals surface area contributed by atoms with E-state index >= 15 is 0 Å². The van der Waals surface area contributed by atoms with Gasteiger partial charge in [0.1, 0.15) is 0 Å². The first kappa shape index (κ1) is 14.2. The van der Waals surface area contributed by atoms with Gasteiger partial charge in [0.15, 0.2) is 0 Å². The fourth-order valence-electron chi connectivity index (χ4n) is 2.47. The van der Waals surface area contributed by atoms with Crippen LogP contribution in [0.5, 0.6) is 0 Å². The molecule has 1 aromatic carbocycles. The number of ketones is 1. The molecule has 5 nitrogen and oxygen atoms in total. The summed E-state index contributed by atoms with van der Waals surface area (Å²) in [5.74, 6) is -1.13. The van der Waals surface area contributed by atoms with Crippen LogP contribution in [0.15, 0.2) is 12.1 Å². The van der Waals surface area contributed by atoms with E-state index < -0.39 is 11.7 Å². The smallest absolute Gasteiger partial charge is 0.299 e. The highest BCUT2D eigenvalue weighted by atomic mass is 16.2. The van der Waals surface area contributed by atoms with E-state index in [1.54, 1.807) is 0 Å². The highest BCUT2D eigenvalue weighted by Gasteiger charge is 2.37. The molecule has 5 heteroatoms. The van der Waals surface area contributed by atoms with E-state index in [1.807, 2.05) is 32.9 Å². The zero-order chi connectivity index (χ0) is 14.9. The summed E-state index contributed by atoms with van der Waals surface area (Å²) in [7, 11) is 0. The van der Waals surface area contributed by atoms with E-state index in [4.69, 9.17) is 0 Å². The van der Waals surface area contributed by atoms with Gasteiger partial charge in [-0.3, -0.25) is 14.4 Å². The molecule has 0 saturated carbocycles. The molecular weight excluding hydrogens is 256 g/mol. The molecule has 0 aliphatic carbocycles. The quantitative estimate of drug-likeness (QED) is 0.843. The van der Waals surface area contributed by atoms with Gasteiger partial charge in [0, 0.05) is 19.5 Å². The fourth-order valence-corrected chi connectivity index (χ4v) is 2.47. The molecule has 0 atom stereocenters. The number of carbonyl (C=O) groups excluding carboxylic acids is 3. The summed E-state index contributed by atoms with van der Waals surface area (Å²) in [6.07, 6.45) is 0.194. The Bertz CT molecular complexity index is 593. The highest BCUT2D eigenvalue weighted by molar-refractivity contribution is 6.52. The minimum atomic E-state index is -0.540. The molecule has 2 rings (SSSR count). The van der Waals surface area contributed by atoms with Crippen molar-refractivity contribution >= 4 is 23.3 Å². The molecule has 0 unspecified atom stereocenters. The number of anilines is 1. The second-order valence-electron chi connectivity index (χ2n) is 4.91. The number of fused-ring (bicyclic) bond motifs is 1. The van der Waals surface area contributed by atoms with E-state index in [0.29, 0.717) is 17.8 Å². The van der Waals surface area contributed by atoms with Crippen LogP contribution in [0.3, 0.4) is 0 Å². The van der Waals surface area contributed by atoms with Crippen LogP contribution < -0.4 is 10.2 Å². The van der Waals surface area contributed by atoms with Crippen LogP contribution >= 0.6 is 0 Å². The van der Waals surface area contributed by atoms with E-state index in [1.165, 1.54) is 4.90 Å². The summed E-state index contributed by atoms with van der Waals surface area (Å²) in [4.78, 5) is 37.1. The monoisotopic (exact) mass is 274 g/mol. The molecule has 0 bridgehead atoms. The van der Waals surface area contributed by atoms with Gasteiger partial charge in [-0.25, -0.2) is 0 Å². The predicted octanol–water partition coefficient (Wildman–Crippen LogP) is 1.36. The topological polar surface area (TPSA) is 66.5 Å². The van der Waals surface area contributed by atoms with Crippen LogP contribution in [-0.2, 0) is 9.59 Å². The van der Waals surface area contributed by atoms with E-state index in [-0.39, 0.29) is 18.9 Å². The Labute approximate surface area is 118 Å². The molecule has 106 valence electrons. The average Bonchev–Trinajstić information content (AvgIpc) is 2.66.